The highest BCUT2D eigenvalue weighted by Gasteiger charge is 2.16. The summed E-state index contributed by atoms with van der Waals surface area (Å²) in [6.45, 7) is 6.72. The van der Waals surface area contributed by atoms with Crippen molar-refractivity contribution in [1.82, 2.24) is 9.80 Å². The van der Waals surface area contributed by atoms with Crippen LogP contribution in [0.25, 0.3) is 0 Å². The van der Waals surface area contributed by atoms with Gasteiger partial charge >= 0.3 is 5.97 Å². The molecule has 0 rings (SSSR count). The molecular weight excluding hydrogens is 496 g/mol. The van der Waals surface area contributed by atoms with Crippen LogP contribution in [0.5, 0.6) is 0 Å². The first-order valence-electron chi connectivity index (χ1n) is 15.6. The van der Waals surface area contributed by atoms with Gasteiger partial charge in [-0.3, -0.25) is 9.59 Å². The molecule has 224 valence electrons. The predicted molar refractivity (Wildman–Crippen MR) is 163 cm³/mol. The third-order valence-electron chi connectivity index (χ3n) is 6.89. The zero-order valence-electron chi connectivity index (χ0n) is 25.4. The van der Waals surface area contributed by atoms with Crippen molar-refractivity contribution < 1.29 is 19.1 Å². The predicted octanol–water partition coefficient (Wildman–Crippen LogP) is 8.27. The van der Waals surface area contributed by atoms with Gasteiger partial charge in [-0.15, -0.1) is 0 Å². The van der Waals surface area contributed by atoms with Crippen LogP contribution in [0, 0.1) is 0 Å². The molecular formula is C31H60N2O4S. The quantitative estimate of drug-likeness (QED) is 0.0576. The summed E-state index contributed by atoms with van der Waals surface area (Å²) in [4.78, 5) is 40.0. The van der Waals surface area contributed by atoms with E-state index in [1.807, 2.05) is 19.0 Å². The van der Waals surface area contributed by atoms with Gasteiger partial charge in [-0.25, -0.2) is 0 Å². The number of ether oxygens (including phenoxy) is 1. The maximum atomic E-state index is 12.8. The standard InChI is InChI=1S/C31H60N2O4S/c1-5-7-9-11-15-21-29(22-16-12-10-8-6-2)37-30(35)23-17-19-25-33(24-18-13-14-20-27-34)31(36)38-28-26-32(3)4/h27,29H,5-26,28H2,1-4H3. The van der Waals surface area contributed by atoms with Crippen molar-refractivity contribution in [1.29, 1.82) is 0 Å². The van der Waals surface area contributed by atoms with Gasteiger partial charge in [0.05, 0.1) is 0 Å². The molecule has 0 saturated heterocycles. The van der Waals surface area contributed by atoms with E-state index in [9.17, 15) is 14.4 Å². The Bertz CT molecular complexity index is 560. The normalized spacial score (nSPS) is 11.3. The molecule has 0 atom stereocenters. The SMILES string of the molecule is CCCCCCCC(CCCCCCC)OC(=O)CCCCN(CCCCCC=O)C(=O)SCCN(C)C. The van der Waals surface area contributed by atoms with Crippen molar-refractivity contribution in [2.75, 3.05) is 39.5 Å². The molecule has 7 heteroatoms. The van der Waals surface area contributed by atoms with Crippen molar-refractivity contribution in [3.05, 3.63) is 0 Å². The average molecular weight is 557 g/mol. The lowest BCUT2D eigenvalue weighted by atomic mass is 10.0. The maximum absolute atomic E-state index is 12.8. The van der Waals surface area contributed by atoms with Crippen LogP contribution in [0.3, 0.4) is 0 Å². The molecule has 0 N–H and O–H groups in total. The average Bonchev–Trinajstić information content (AvgIpc) is 2.88. The van der Waals surface area contributed by atoms with E-state index in [2.05, 4.69) is 18.7 Å². The Hall–Kier alpha value is -1.08. The van der Waals surface area contributed by atoms with E-state index >= 15 is 0 Å². The summed E-state index contributed by atoms with van der Waals surface area (Å²) in [6.07, 6.45) is 20.6. The van der Waals surface area contributed by atoms with Gasteiger partial charge in [0.15, 0.2) is 0 Å². The third kappa shape index (κ3) is 24.0. The van der Waals surface area contributed by atoms with Gasteiger partial charge in [-0.05, 0) is 65.5 Å². The van der Waals surface area contributed by atoms with Gasteiger partial charge in [0, 0.05) is 38.2 Å². The number of thioether (sulfide) groups is 1. The topological polar surface area (TPSA) is 66.9 Å². The highest BCUT2D eigenvalue weighted by atomic mass is 32.2. The fourth-order valence-electron chi connectivity index (χ4n) is 4.44. The molecule has 0 aliphatic heterocycles. The summed E-state index contributed by atoms with van der Waals surface area (Å²) in [5.74, 6) is 0.696. The Morgan fingerprint density at radius 1 is 0.737 bits per heavy atom. The summed E-state index contributed by atoms with van der Waals surface area (Å²) >= 11 is 1.38. The first-order valence-corrected chi connectivity index (χ1v) is 16.6. The summed E-state index contributed by atoms with van der Waals surface area (Å²) in [7, 11) is 4.02. The van der Waals surface area contributed by atoms with Crippen LogP contribution in [0.4, 0.5) is 4.79 Å². The Kier molecular flexibility index (Phi) is 26.7. The van der Waals surface area contributed by atoms with E-state index in [4.69, 9.17) is 4.74 Å². The third-order valence-corrected chi connectivity index (χ3v) is 7.78. The van der Waals surface area contributed by atoms with Gasteiger partial charge in [0.2, 0.25) is 0 Å². The van der Waals surface area contributed by atoms with E-state index < -0.39 is 0 Å². The van der Waals surface area contributed by atoms with E-state index in [1.165, 1.54) is 63.1 Å². The highest BCUT2D eigenvalue weighted by molar-refractivity contribution is 8.13. The van der Waals surface area contributed by atoms with Crippen LogP contribution in [0.1, 0.15) is 136 Å². The lowest BCUT2D eigenvalue weighted by Gasteiger charge is -2.23. The van der Waals surface area contributed by atoms with Crippen molar-refractivity contribution >= 4 is 29.3 Å². The Balaban J connectivity index is 4.52. The van der Waals surface area contributed by atoms with Crippen molar-refractivity contribution in [3.8, 4) is 0 Å². The van der Waals surface area contributed by atoms with Gasteiger partial charge in [-0.2, -0.15) is 0 Å². The molecule has 0 aliphatic rings. The van der Waals surface area contributed by atoms with E-state index in [-0.39, 0.29) is 17.3 Å². The van der Waals surface area contributed by atoms with Gasteiger partial charge in [0.25, 0.3) is 5.24 Å². The molecule has 6 nitrogen and oxygen atoms in total. The van der Waals surface area contributed by atoms with Crippen LogP contribution >= 0.6 is 11.8 Å². The van der Waals surface area contributed by atoms with Gasteiger partial charge in [-0.1, -0.05) is 83.4 Å². The van der Waals surface area contributed by atoms with Crippen molar-refractivity contribution in [3.63, 3.8) is 0 Å². The van der Waals surface area contributed by atoms with Gasteiger partial charge < -0.3 is 19.3 Å². The molecule has 0 saturated carbocycles. The molecule has 1 amide bonds. The lowest BCUT2D eigenvalue weighted by Crippen LogP contribution is -2.31. The number of unbranched alkanes of at least 4 members (excludes halogenated alkanes) is 12. The smallest absolute Gasteiger partial charge is 0.306 e. The molecule has 0 aliphatic carbocycles. The molecule has 0 heterocycles. The number of amides is 1. The minimum atomic E-state index is -0.0794. The summed E-state index contributed by atoms with van der Waals surface area (Å²) < 4.78 is 5.94. The van der Waals surface area contributed by atoms with Crippen molar-refractivity contribution in [2.24, 2.45) is 0 Å². The Morgan fingerprint density at radius 3 is 1.84 bits per heavy atom. The number of esters is 1. The molecule has 0 aromatic heterocycles. The largest absolute Gasteiger partial charge is 0.462 e. The number of carbonyl (C=O) groups is 3. The summed E-state index contributed by atoms with van der Waals surface area (Å²) in [5.41, 5.74) is 0. The zero-order valence-corrected chi connectivity index (χ0v) is 26.2. The number of hydrogen-bond donors (Lipinski definition) is 0. The first kappa shape index (κ1) is 36.9. The van der Waals surface area contributed by atoms with Crippen LogP contribution in [-0.4, -0.2) is 72.9 Å². The molecule has 0 fully saturated rings. The number of carbonyl (C=O) groups excluding carboxylic acids is 3. The zero-order chi connectivity index (χ0) is 28.3. The number of rotatable bonds is 27. The minimum absolute atomic E-state index is 0.0586. The van der Waals surface area contributed by atoms with E-state index in [0.29, 0.717) is 19.4 Å². The van der Waals surface area contributed by atoms with Crippen LogP contribution in [-0.2, 0) is 14.3 Å². The molecule has 0 aromatic rings. The van der Waals surface area contributed by atoms with Crippen LogP contribution in [0.2, 0.25) is 0 Å². The Labute approximate surface area is 239 Å². The monoisotopic (exact) mass is 556 g/mol. The number of nitrogens with zero attached hydrogens (tertiary/aromatic N) is 2. The molecule has 38 heavy (non-hydrogen) atoms. The summed E-state index contributed by atoms with van der Waals surface area (Å²) in [6, 6.07) is 0. The molecule has 0 bridgehead atoms. The minimum Gasteiger partial charge on any atom is -0.462 e. The van der Waals surface area contributed by atoms with E-state index in [1.54, 1.807) is 0 Å². The van der Waals surface area contributed by atoms with Crippen molar-refractivity contribution in [2.45, 2.75) is 142 Å². The first-order chi connectivity index (χ1) is 18.4. The highest BCUT2D eigenvalue weighted by Crippen LogP contribution is 2.18. The molecule has 0 aromatic carbocycles. The second kappa shape index (κ2) is 27.5. The second-order valence-electron chi connectivity index (χ2n) is 10.9. The number of aldehydes is 1. The second-order valence-corrected chi connectivity index (χ2v) is 11.9. The lowest BCUT2D eigenvalue weighted by molar-refractivity contribution is -0.150. The van der Waals surface area contributed by atoms with Gasteiger partial charge in [0.1, 0.15) is 12.4 Å². The molecule has 0 radical (unpaired) electrons. The van der Waals surface area contributed by atoms with E-state index in [0.717, 1.165) is 82.9 Å². The maximum Gasteiger partial charge on any atom is 0.306 e. The molecule has 0 unspecified atom stereocenters. The fourth-order valence-corrected chi connectivity index (χ4v) is 5.43. The summed E-state index contributed by atoms with van der Waals surface area (Å²) in [5, 5.41) is 0.121. The Morgan fingerprint density at radius 2 is 1.29 bits per heavy atom. The fraction of sp³-hybridized carbons (Fsp3) is 0.903. The van der Waals surface area contributed by atoms with Crippen LogP contribution < -0.4 is 0 Å². The molecule has 0 spiro atoms. The number of hydrogen-bond acceptors (Lipinski definition) is 6. The van der Waals surface area contributed by atoms with Crippen LogP contribution in [0.15, 0.2) is 0 Å².